The molecule has 6 heteroatoms. The Morgan fingerprint density at radius 3 is 2.25 bits per heavy atom. The van der Waals surface area contributed by atoms with Gasteiger partial charge in [0, 0.05) is 44.1 Å². The zero-order valence-corrected chi connectivity index (χ0v) is 16.7. The SMILES string of the molecule is Cc1cc(C)c(Nc2ncc(C(=O)N(C)CCc3ccncc3)cn2)c(C)c1. The van der Waals surface area contributed by atoms with Gasteiger partial charge in [-0.15, -0.1) is 0 Å². The molecule has 6 nitrogen and oxygen atoms in total. The van der Waals surface area contributed by atoms with E-state index in [0.29, 0.717) is 18.1 Å². The van der Waals surface area contributed by atoms with Gasteiger partial charge < -0.3 is 10.2 Å². The molecule has 0 saturated heterocycles. The highest BCUT2D eigenvalue weighted by Gasteiger charge is 2.13. The molecule has 3 rings (SSSR count). The molecule has 2 heterocycles. The molecule has 0 atom stereocenters. The summed E-state index contributed by atoms with van der Waals surface area (Å²) >= 11 is 0. The van der Waals surface area contributed by atoms with Crippen molar-refractivity contribution in [2.75, 3.05) is 18.9 Å². The van der Waals surface area contributed by atoms with Crippen LogP contribution in [0.1, 0.15) is 32.6 Å². The van der Waals surface area contributed by atoms with Gasteiger partial charge in [0.05, 0.1) is 5.56 Å². The summed E-state index contributed by atoms with van der Waals surface area (Å²) in [5.41, 5.74) is 6.11. The van der Waals surface area contributed by atoms with Gasteiger partial charge in [-0.1, -0.05) is 17.7 Å². The lowest BCUT2D eigenvalue weighted by Gasteiger charge is -2.17. The lowest BCUT2D eigenvalue weighted by atomic mass is 10.1. The van der Waals surface area contributed by atoms with Crippen molar-refractivity contribution >= 4 is 17.5 Å². The van der Waals surface area contributed by atoms with Crippen molar-refractivity contribution in [2.45, 2.75) is 27.2 Å². The lowest BCUT2D eigenvalue weighted by Crippen LogP contribution is -2.29. The number of nitrogens with zero attached hydrogens (tertiary/aromatic N) is 4. The fourth-order valence-electron chi connectivity index (χ4n) is 3.16. The van der Waals surface area contributed by atoms with Crippen molar-refractivity contribution in [3.8, 4) is 0 Å². The van der Waals surface area contributed by atoms with Gasteiger partial charge >= 0.3 is 0 Å². The molecule has 0 bridgehead atoms. The number of anilines is 2. The Labute approximate surface area is 165 Å². The van der Waals surface area contributed by atoms with Crippen LogP contribution in [0.4, 0.5) is 11.6 Å². The van der Waals surface area contributed by atoms with Gasteiger partial charge in [0.15, 0.2) is 0 Å². The minimum Gasteiger partial charge on any atom is -0.341 e. The minimum absolute atomic E-state index is 0.0942. The van der Waals surface area contributed by atoms with Crippen LogP contribution in [0.3, 0.4) is 0 Å². The molecule has 2 aromatic heterocycles. The van der Waals surface area contributed by atoms with Crippen LogP contribution in [0.2, 0.25) is 0 Å². The Kier molecular flexibility index (Phi) is 5.99. The highest BCUT2D eigenvalue weighted by molar-refractivity contribution is 5.93. The first-order valence-electron chi connectivity index (χ1n) is 9.25. The molecular formula is C22H25N5O. The van der Waals surface area contributed by atoms with Gasteiger partial charge in [-0.2, -0.15) is 0 Å². The van der Waals surface area contributed by atoms with Crippen LogP contribution >= 0.6 is 0 Å². The van der Waals surface area contributed by atoms with Crippen LogP contribution in [0.25, 0.3) is 0 Å². The molecule has 0 fully saturated rings. The second-order valence-corrected chi connectivity index (χ2v) is 7.03. The Morgan fingerprint density at radius 2 is 1.64 bits per heavy atom. The Bertz CT molecular complexity index is 931. The van der Waals surface area contributed by atoms with E-state index in [1.165, 1.54) is 5.56 Å². The van der Waals surface area contributed by atoms with Crippen LogP contribution in [0, 0.1) is 20.8 Å². The zero-order chi connectivity index (χ0) is 20.1. The maximum absolute atomic E-state index is 12.6. The Morgan fingerprint density at radius 1 is 1.04 bits per heavy atom. The van der Waals surface area contributed by atoms with Crippen molar-refractivity contribution in [3.05, 3.63) is 76.9 Å². The minimum atomic E-state index is -0.0942. The number of aryl methyl sites for hydroxylation is 3. The number of rotatable bonds is 6. The fourth-order valence-corrected chi connectivity index (χ4v) is 3.16. The molecule has 0 unspecified atom stereocenters. The molecule has 28 heavy (non-hydrogen) atoms. The first kappa shape index (κ1) is 19.5. The standard InChI is InChI=1S/C22H25N5O/c1-15-11-16(2)20(17(3)12-15)26-22-24-13-19(14-25-22)21(28)27(4)10-7-18-5-8-23-9-6-18/h5-6,8-9,11-14H,7,10H2,1-4H3,(H,24,25,26). The molecule has 0 spiro atoms. The molecule has 1 aromatic carbocycles. The second-order valence-electron chi connectivity index (χ2n) is 7.03. The van der Waals surface area contributed by atoms with E-state index in [1.54, 1.807) is 36.7 Å². The lowest BCUT2D eigenvalue weighted by molar-refractivity contribution is 0.0796. The smallest absolute Gasteiger partial charge is 0.256 e. The summed E-state index contributed by atoms with van der Waals surface area (Å²) in [5, 5.41) is 3.26. The average molecular weight is 375 g/mol. The van der Waals surface area contributed by atoms with Crippen molar-refractivity contribution in [1.29, 1.82) is 0 Å². The van der Waals surface area contributed by atoms with Crippen molar-refractivity contribution < 1.29 is 4.79 Å². The number of carbonyl (C=O) groups excluding carboxylic acids is 1. The molecule has 144 valence electrons. The summed E-state index contributed by atoms with van der Waals surface area (Å²) in [7, 11) is 1.79. The number of likely N-dealkylation sites (N-methyl/N-ethyl adjacent to an activating group) is 1. The van der Waals surface area contributed by atoms with E-state index in [-0.39, 0.29) is 5.91 Å². The summed E-state index contributed by atoms with van der Waals surface area (Å²) < 4.78 is 0. The van der Waals surface area contributed by atoms with Crippen molar-refractivity contribution in [2.24, 2.45) is 0 Å². The molecular weight excluding hydrogens is 350 g/mol. The molecule has 0 aliphatic heterocycles. The predicted octanol–water partition coefficient (Wildman–Crippen LogP) is 3.86. The first-order valence-corrected chi connectivity index (χ1v) is 9.25. The van der Waals surface area contributed by atoms with E-state index in [1.807, 2.05) is 12.1 Å². The number of nitrogens with one attached hydrogen (secondary N) is 1. The van der Waals surface area contributed by atoms with Crippen LogP contribution in [-0.2, 0) is 6.42 Å². The van der Waals surface area contributed by atoms with Gasteiger partial charge in [-0.05, 0) is 56.0 Å². The highest BCUT2D eigenvalue weighted by Crippen LogP contribution is 2.24. The average Bonchev–Trinajstić information content (AvgIpc) is 2.69. The number of amides is 1. The summed E-state index contributed by atoms with van der Waals surface area (Å²) in [6.07, 6.45) is 7.43. The monoisotopic (exact) mass is 375 g/mol. The molecule has 3 aromatic rings. The van der Waals surface area contributed by atoms with Crippen molar-refractivity contribution in [3.63, 3.8) is 0 Å². The quantitative estimate of drug-likeness (QED) is 0.708. The highest BCUT2D eigenvalue weighted by atomic mass is 16.2. The van der Waals surface area contributed by atoms with Gasteiger partial charge in [-0.25, -0.2) is 9.97 Å². The first-order chi connectivity index (χ1) is 13.4. The number of hydrogen-bond donors (Lipinski definition) is 1. The van der Waals surface area contributed by atoms with E-state index >= 15 is 0 Å². The molecule has 0 saturated carbocycles. The van der Waals surface area contributed by atoms with E-state index in [2.05, 4.69) is 53.2 Å². The maximum atomic E-state index is 12.6. The molecule has 0 aliphatic carbocycles. The van der Waals surface area contributed by atoms with Crippen LogP contribution in [0.5, 0.6) is 0 Å². The predicted molar refractivity (Wildman–Crippen MR) is 111 cm³/mol. The van der Waals surface area contributed by atoms with Gasteiger partial charge in [0.1, 0.15) is 0 Å². The molecule has 0 aliphatic rings. The normalized spacial score (nSPS) is 10.6. The number of pyridine rings is 1. The van der Waals surface area contributed by atoms with E-state index in [0.717, 1.165) is 28.8 Å². The third kappa shape index (κ3) is 4.71. The van der Waals surface area contributed by atoms with E-state index in [4.69, 9.17) is 0 Å². The fraction of sp³-hybridized carbons (Fsp3) is 0.273. The largest absolute Gasteiger partial charge is 0.341 e. The topological polar surface area (TPSA) is 71.0 Å². The van der Waals surface area contributed by atoms with Gasteiger partial charge in [0.25, 0.3) is 5.91 Å². The maximum Gasteiger partial charge on any atom is 0.256 e. The van der Waals surface area contributed by atoms with Gasteiger partial charge in [0.2, 0.25) is 5.95 Å². The van der Waals surface area contributed by atoms with Gasteiger partial charge in [-0.3, -0.25) is 9.78 Å². The van der Waals surface area contributed by atoms with E-state index < -0.39 is 0 Å². The zero-order valence-electron chi connectivity index (χ0n) is 16.7. The molecule has 0 radical (unpaired) electrons. The van der Waals surface area contributed by atoms with E-state index in [9.17, 15) is 4.79 Å². The number of hydrogen-bond acceptors (Lipinski definition) is 5. The van der Waals surface area contributed by atoms with Crippen molar-refractivity contribution in [1.82, 2.24) is 19.9 Å². The summed E-state index contributed by atoms with van der Waals surface area (Å²) in [6.45, 7) is 6.80. The molecule has 1 amide bonds. The van der Waals surface area contributed by atoms with Crippen LogP contribution in [0.15, 0.2) is 49.1 Å². The summed E-state index contributed by atoms with van der Waals surface area (Å²) in [6, 6.07) is 8.14. The number of aromatic nitrogens is 3. The number of benzene rings is 1. The second kappa shape index (κ2) is 8.61. The third-order valence-corrected chi connectivity index (χ3v) is 4.64. The summed E-state index contributed by atoms with van der Waals surface area (Å²) in [4.78, 5) is 26.9. The van der Waals surface area contributed by atoms with Crippen LogP contribution < -0.4 is 5.32 Å². The summed E-state index contributed by atoms with van der Waals surface area (Å²) in [5.74, 6) is 0.384. The molecule has 1 N–H and O–H groups in total. The number of carbonyl (C=O) groups is 1. The third-order valence-electron chi connectivity index (χ3n) is 4.64. The van der Waals surface area contributed by atoms with Crippen LogP contribution in [-0.4, -0.2) is 39.4 Å². The Hall–Kier alpha value is -3.28. The Balaban J connectivity index is 1.64.